The number of hydrogen-bond acceptors (Lipinski definition) is 6. The maximum atomic E-state index is 15.4. The minimum atomic E-state index is -1.46. The van der Waals surface area contributed by atoms with E-state index in [0.717, 1.165) is 28.4 Å². The summed E-state index contributed by atoms with van der Waals surface area (Å²) < 4.78 is 6.46. The van der Waals surface area contributed by atoms with E-state index in [4.69, 9.17) is 4.42 Å². The number of aromatic hydroxyl groups is 2. The van der Waals surface area contributed by atoms with E-state index >= 15 is 4.79 Å². The Morgan fingerprint density at radius 3 is 2.11 bits per heavy atom. The van der Waals surface area contributed by atoms with Gasteiger partial charge < -0.3 is 14.6 Å². The molecule has 2 aromatic rings. The molecule has 2 aliphatic carbocycles. The van der Waals surface area contributed by atoms with Gasteiger partial charge in [0.05, 0.1) is 16.2 Å². The van der Waals surface area contributed by atoms with Gasteiger partial charge >= 0.3 is 0 Å². The van der Waals surface area contributed by atoms with Gasteiger partial charge in [-0.3, -0.25) is 14.4 Å². The summed E-state index contributed by atoms with van der Waals surface area (Å²) in [7, 11) is 0. The van der Waals surface area contributed by atoms with Gasteiger partial charge in [0.2, 0.25) is 5.43 Å². The van der Waals surface area contributed by atoms with Crippen LogP contribution in [0, 0.1) is 22.7 Å². The maximum Gasteiger partial charge on any atom is 0.204 e. The fourth-order valence-electron chi connectivity index (χ4n) is 7.46. The number of rotatable bonds is 9. The predicted octanol–water partition coefficient (Wildman–Crippen LogP) is 8.89. The molecule has 0 aliphatic heterocycles. The Hall–Kier alpha value is -3.67. The van der Waals surface area contributed by atoms with Crippen LogP contribution >= 0.6 is 0 Å². The van der Waals surface area contributed by atoms with Crippen molar-refractivity contribution < 1.29 is 24.2 Å². The number of Topliss-reactive ketones (excluding diaryl/α,β-unsaturated/α-hetero) is 2. The Balaban J connectivity index is 2.17. The van der Waals surface area contributed by atoms with E-state index in [1.165, 1.54) is 6.07 Å². The average molecular weight is 601 g/mol. The summed E-state index contributed by atoms with van der Waals surface area (Å²) in [4.78, 5) is 44.7. The van der Waals surface area contributed by atoms with Crippen molar-refractivity contribution in [2.75, 3.05) is 0 Å². The van der Waals surface area contributed by atoms with Crippen molar-refractivity contribution in [2.24, 2.45) is 22.7 Å². The Morgan fingerprint density at radius 2 is 1.55 bits per heavy atom. The third kappa shape index (κ3) is 5.20. The average Bonchev–Trinajstić information content (AvgIpc) is 2.91. The highest BCUT2D eigenvalue weighted by Gasteiger charge is 2.72. The smallest absolute Gasteiger partial charge is 0.204 e. The number of phenolic OH excluding ortho intramolecular Hbond substituents is 2. The van der Waals surface area contributed by atoms with Crippen molar-refractivity contribution in [1.29, 1.82) is 0 Å². The highest BCUT2D eigenvalue weighted by molar-refractivity contribution is 6.23. The number of fused-ring (bicyclic) bond motifs is 5. The van der Waals surface area contributed by atoms with Gasteiger partial charge in [-0.2, -0.15) is 0 Å². The van der Waals surface area contributed by atoms with Gasteiger partial charge in [-0.25, -0.2) is 0 Å². The summed E-state index contributed by atoms with van der Waals surface area (Å²) in [6, 6.07) is 2.32. The van der Waals surface area contributed by atoms with E-state index < -0.39 is 39.0 Å². The van der Waals surface area contributed by atoms with Gasteiger partial charge in [0, 0.05) is 6.07 Å². The van der Waals surface area contributed by atoms with Crippen LogP contribution in [0.1, 0.15) is 111 Å². The zero-order chi connectivity index (χ0) is 32.9. The number of phenols is 2. The first-order chi connectivity index (χ1) is 20.4. The minimum Gasteiger partial charge on any atom is -0.504 e. The summed E-state index contributed by atoms with van der Waals surface area (Å²) in [5.74, 6) is -1.80. The molecule has 4 atom stereocenters. The molecule has 1 aromatic carbocycles. The van der Waals surface area contributed by atoms with Crippen LogP contribution in [-0.4, -0.2) is 21.8 Å². The van der Waals surface area contributed by atoms with Gasteiger partial charge in [0.25, 0.3) is 0 Å². The van der Waals surface area contributed by atoms with E-state index in [2.05, 4.69) is 32.6 Å². The van der Waals surface area contributed by atoms with Gasteiger partial charge in [-0.1, -0.05) is 60.9 Å². The fourth-order valence-corrected chi connectivity index (χ4v) is 7.46. The zero-order valence-electron chi connectivity index (χ0n) is 27.8. The van der Waals surface area contributed by atoms with E-state index in [9.17, 15) is 19.8 Å². The second kappa shape index (κ2) is 11.7. The first kappa shape index (κ1) is 33.2. The van der Waals surface area contributed by atoms with Crippen LogP contribution in [0.15, 0.2) is 68.4 Å². The number of carbonyl (C=O) groups excluding carboxylic acids is 2. The predicted molar refractivity (Wildman–Crippen MR) is 176 cm³/mol. The number of allylic oxidation sites excluding steroid dienone is 7. The number of ketones is 2. The molecule has 2 bridgehead atoms. The molecule has 2 aliphatic rings. The Labute approximate surface area is 261 Å². The maximum absolute atomic E-state index is 15.4. The third-order valence-corrected chi connectivity index (χ3v) is 10.3. The molecule has 4 unspecified atom stereocenters. The third-order valence-electron chi connectivity index (χ3n) is 10.3. The molecule has 236 valence electrons. The van der Waals surface area contributed by atoms with Crippen molar-refractivity contribution in [3.8, 4) is 11.5 Å². The van der Waals surface area contributed by atoms with E-state index in [0.29, 0.717) is 19.3 Å². The quantitative estimate of drug-likeness (QED) is 0.169. The summed E-state index contributed by atoms with van der Waals surface area (Å²) in [5, 5.41) is 20.6. The fraction of sp³-hybridized carbons (Fsp3) is 0.500. The second-order valence-electron chi connectivity index (χ2n) is 14.5. The molecule has 1 fully saturated rings. The van der Waals surface area contributed by atoms with Crippen LogP contribution in [0.5, 0.6) is 11.5 Å². The van der Waals surface area contributed by atoms with Crippen LogP contribution in [0.3, 0.4) is 0 Å². The molecular weight excluding hydrogens is 552 g/mol. The lowest BCUT2D eigenvalue weighted by Crippen LogP contribution is -2.68. The van der Waals surface area contributed by atoms with Crippen molar-refractivity contribution in [2.45, 2.75) is 99.8 Å². The van der Waals surface area contributed by atoms with Crippen LogP contribution in [0.2, 0.25) is 0 Å². The lowest BCUT2D eigenvalue weighted by Gasteiger charge is -2.60. The highest BCUT2D eigenvalue weighted by Crippen LogP contribution is 2.66. The molecule has 6 heteroatoms. The monoisotopic (exact) mass is 600 g/mol. The molecule has 0 spiro atoms. The molecule has 1 saturated carbocycles. The van der Waals surface area contributed by atoms with E-state index in [-0.39, 0.29) is 52.8 Å². The molecular formula is C38H48O6. The summed E-state index contributed by atoms with van der Waals surface area (Å²) in [5.41, 5.74) is -0.00105. The lowest BCUT2D eigenvalue weighted by atomic mass is 9.39. The topological polar surface area (TPSA) is 105 Å². The SMILES string of the molecule is C=C(C)C(CC=C(C)C)CC12CC(CC=C(C)C)C(C)(C)C(CC=C(C)C)(C1=O)c1oc3cc(O)c(O)cc3c(=O)c1C2=O. The largest absolute Gasteiger partial charge is 0.504 e. The molecule has 4 rings (SSSR count). The zero-order valence-corrected chi connectivity index (χ0v) is 27.8. The van der Waals surface area contributed by atoms with Crippen molar-refractivity contribution in [3.63, 3.8) is 0 Å². The number of carbonyl (C=O) groups is 2. The molecule has 2 N–H and O–H groups in total. The van der Waals surface area contributed by atoms with E-state index in [1.54, 1.807) is 0 Å². The van der Waals surface area contributed by atoms with Crippen LogP contribution in [-0.2, 0) is 10.2 Å². The van der Waals surface area contributed by atoms with Gasteiger partial charge in [0.1, 0.15) is 16.9 Å². The normalized spacial score (nSPS) is 24.3. The van der Waals surface area contributed by atoms with Gasteiger partial charge in [-0.05, 0) is 104 Å². The molecule has 0 amide bonds. The first-order valence-corrected chi connectivity index (χ1v) is 15.6. The number of hydrogen-bond donors (Lipinski definition) is 2. The standard InChI is InChI=1S/C38H48O6/c1-21(2)11-13-25(24(7)8)19-37-20-26(14-12-22(3)4)36(9,10)38(35(37)43,16-15-23(5)6)34-31(33(37)42)32(41)27-17-28(39)29(40)18-30(27)44-34/h11-12,15,17-18,25-26,39-40H,7,13-14,16,19-20H2,1-6,8-10H3. The van der Waals surface area contributed by atoms with Crippen LogP contribution < -0.4 is 5.43 Å². The molecule has 1 aromatic heterocycles. The summed E-state index contributed by atoms with van der Waals surface area (Å²) in [6.07, 6.45) is 8.42. The van der Waals surface area contributed by atoms with Crippen molar-refractivity contribution >= 4 is 22.5 Å². The minimum absolute atomic E-state index is 0.00720. The van der Waals surface area contributed by atoms with Crippen molar-refractivity contribution in [3.05, 3.63) is 80.8 Å². The second-order valence-corrected chi connectivity index (χ2v) is 14.5. The highest BCUT2D eigenvalue weighted by atomic mass is 16.3. The summed E-state index contributed by atoms with van der Waals surface area (Å²) in [6.45, 7) is 22.4. The van der Waals surface area contributed by atoms with Crippen molar-refractivity contribution in [1.82, 2.24) is 0 Å². The molecule has 0 radical (unpaired) electrons. The number of benzene rings is 1. The molecule has 0 saturated heterocycles. The first-order valence-electron chi connectivity index (χ1n) is 15.6. The van der Waals surface area contributed by atoms with Gasteiger partial charge in [0.15, 0.2) is 23.1 Å². The molecule has 6 nitrogen and oxygen atoms in total. The Kier molecular flexibility index (Phi) is 8.82. The Bertz CT molecular complexity index is 1680. The lowest BCUT2D eigenvalue weighted by molar-refractivity contribution is -0.152. The van der Waals surface area contributed by atoms with Crippen LogP contribution in [0.25, 0.3) is 11.0 Å². The van der Waals surface area contributed by atoms with Gasteiger partial charge in [-0.15, -0.1) is 0 Å². The Morgan fingerprint density at radius 1 is 0.955 bits per heavy atom. The molecule has 44 heavy (non-hydrogen) atoms. The van der Waals surface area contributed by atoms with E-state index in [1.807, 2.05) is 54.5 Å². The van der Waals surface area contributed by atoms with Crippen LogP contribution in [0.4, 0.5) is 0 Å². The molecule has 1 heterocycles. The summed E-state index contributed by atoms with van der Waals surface area (Å²) >= 11 is 0.